The van der Waals surface area contributed by atoms with Gasteiger partial charge in [0.1, 0.15) is 11.6 Å². The van der Waals surface area contributed by atoms with E-state index in [9.17, 15) is 9.18 Å². The first-order valence-electron chi connectivity index (χ1n) is 7.44. The average molecular weight is 337 g/mol. The van der Waals surface area contributed by atoms with Gasteiger partial charge >= 0.3 is 6.03 Å². The highest BCUT2D eigenvalue weighted by Gasteiger charge is 2.16. The van der Waals surface area contributed by atoms with Gasteiger partial charge in [-0.15, -0.1) is 11.3 Å². The van der Waals surface area contributed by atoms with Crippen molar-refractivity contribution in [1.29, 1.82) is 0 Å². The van der Waals surface area contributed by atoms with Gasteiger partial charge in [0.25, 0.3) is 0 Å². The van der Waals surface area contributed by atoms with Crippen molar-refractivity contribution in [1.82, 2.24) is 15.6 Å². The number of hydrogen-bond acceptors (Lipinski definition) is 4. The molecule has 2 N–H and O–H groups in total. The maximum Gasteiger partial charge on any atom is 0.315 e. The number of nitrogens with zero attached hydrogens (tertiary/aromatic N) is 1. The second-order valence-electron chi connectivity index (χ2n) is 5.09. The van der Waals surface area contributed by atoms with E-state index in [1.807, 2.05) is 12.3 Å². The number of amides is 2. The molecule has 0 saturated heterocycles. The summed E-state index contributed by atoms with van der Waals surface area (Å²) in [7, 11) is 0. The molecule has 0 aliphatic heterocycles. The van der Waals surface area contributed by atoms with Crippen molar-refractivity contribution in [2.75, 3.05) is 6.61 Å². The smallest absolute Gasteiger partial charge is 0.315 e. The Balaban J connectivity index is 1.79. The van der Waals surface area contributed by atoms with Crippen LogP contribution in [0.2, 0.25) is 0 Å². The Morgan fingerprint density at radius 3 is 2.83 bits per heavy atom. The molecule has 0 saturated carbocycles. The van der Waals surface area contributed by atoms with Gasteiger partial charge in [-0.05, 0) is 25.5 Å². The molecule has 23 heavy (non-hydrogen) atoms. The molecular formula is C16H20FN3O2S. The molecule has 5 nitrogen and oxygen atoms in total. The van der Waals surface area contributed by atoms with Gasteiger partial charge in [0, 0.05) is 11.6 Å². The molecule has 0 radical (unpaired) electrons. The molecule has 0 unspecified atom stereocenters. The third kappa shape index (κ3) is 5.21. The zero-order valence-electron chi connectivity index (χ0n) is 13.1. The van der Waals surface area contributed by atoms with Crippen LogP contribution in [0, 0.1) is 5.82 Å². The Hall–Kier alpha value is -2.15. The molecule has 1 aromatic carbocycles. The van der Waals surface area contributed by atoms with Crippen LogP contribution in [-0.4, -0.2) is 23.7 Å². The highest BCUT2D eigenvalue weighted by molar-refractivity contribution is 7.09. The molecule has 0 fully saturated rings. The molecule has 2 atom stereocenters. The molecule has 1 heterocycles. The Bertz CT molecular complexity index is 622. The molecule has 2 amide bonds. The summed E-state index contributed by atoms with van der Waals surface area (Å²) < 4.78 is 18.8. The van der Waals surface area contributed by atoms with Crippen LogP contribution in [0.1, 0.15) is 31.3 Å². The zero-order chi connectivity index (χ0) is 16.7. The zero-order valence-corrected chi connectivity index (χ0v) is 13.9. The van der Waals surface area contributed by atoms with Crippen molar-refractivity contribution < 1.29 is 13.9 Å². The van der Waals surface area contributed by atoms with Gasteiger partial charge < -0.3 is 15.4 Å². The van der Waals surface area contributed by atoms with E-state index in [2.05, 4.69) is 15.6 Å². The fourth-order valence-corrected chi connectivity index (χ4v) is 2.76. The predicted molar refractivity (Wildman–Crippen MR) is 88.2 cm³/mol. The normalized spacial score (nSPS) is 13.2. The summed E-state index contributed by atoms with van der Waals surface area (Å²) in [5.41, 5.74) is 0. The number of carbonyl (C=O) groups is 1. The molecular weight excluding hydrogens is 317 g/mol. The SMILES string of the molecule is CC[C@@H](NC(=O)N[C@H](C)COc1ccccc1F)c1nccs1. The molecule has 1 aromatic heterocycles. The van der Waals surface area contributed by atoms with E-state index in [4.69, 9.17) is 4.74 Å². The minimum absolute atomic E-state index is 0.116. The molecule has 0 bridgehead atoms. The molecule has 2 aromatic rings. The standard InChI is InChI=1S/C16H20FN3O2S/c1-3-13(15-18-8-9-23-15)20-16(21)19-11(2)10-22-14-7-5-4-6-12(14)17/h4-9,11,13H,3,10H2,1-2H3,(H2,19,20,21)/t11-,13-/m1/s1. The van der Waals surface area contributed by atoms with Crippen LogP contribution < -0.4 is 15.4 Å². The average Bonchev–Trinajstić information content (AvgIpc) is 3.06. The summed E-state index contributed by atoms with van der Waals surface area (Å²) in [6.07, 6.45) is 2.47. The lowest BCUT2D eigenvalue weighted by atomic mass is 10.2. The van der Waals surface area contributed by atoms with Crippen LogP contribution in [-0.2, 0) is 0 Å². The van der Waals surface area contributed by atoms with E-state index in [-0.39, 0.29) is 30.5 Å². The van der Waals surface area contributed by atoms with Gasteiger partial charge in [0.15, 0.2) is 11.6 Å². The van der Waals surface area contributed by atoms with Crippen LogP contribution in [0.25, 0.3) is 0 Å². The Morgan fingerprint density at radius 1 is 1.39 bits per heavy atom. The first-order valence-corrected chi connectivity index (χ1v) is 8.31. The summed E-state index contributed by atoms with van der Waals surface area (Å²) in [6.45, 7) is 3.96. The second kappa shape index (κ2) is 8.47. The highest BCUT2D eigenvalue weighted by Crippen LogP contribution is 2.18. The topological polar surface area (TPSA) is 63.2 Å². The van der Waals surface area contributed by atoms with Crippen LogP contribution >= 0.6 is 11.3 Å². The lowest BCUT2D eigenvalue weighted by Crippen LogP contribution is -2.44. The fraction of sp³-hybridized carbons (Fsp3) is 0.375. The summed E-state index contributed by atoms with van der Waals surface area (Å²) in [4.78, 5) is 16.2. The number of ether oxygens (including phenoxy) is 1. The number of hydrogen-bond donors (Lipinski definition) is 2. The van der Waals surface area contributed by atoms with Gasteiger partial charge in [-0.1, -0.05) is 19.1 Å². The molecule has 7 heteroatoms. The van der Waals surface area contributed by atoms with E-state index in [1.54, 1.807) is 31.3 Å². The van der Waals surface area contributed by atoms with Gasteiger partial charge in [-0.3, -0.25) is 0 Å². The summed E-state index contributed by atoms with van der Waals surface area (Å²) >= 11 is 1.51. The van der Waals surface area contributed by atoms with Crippen molar-refractivity contribution in [3.05, 3.63) is 46.7 Å². The monoisotopic (exact) mass is 337 g/mol. The fourth-order valence-electron chi connectivity index (χ4n) is 1.99. The number of thiazole rings is 1. The Labute approximate surface area is 138 Å². The van der Waals surface area contributed by atoms with E-state index in [1.165, 1.54) is 17.4 Å². The van der Waals surface area contributed by atoms with E-state index in [0.717, 1.165) is 11.4 Å². The van der Waals surface area contributed by atoms with Crippen molar-refractivity contribution in [2.45, 2.75) is 32.4 Å². The third-order valence-corrected chi connectivity index (χ3v) is 4.06. The number of para-hydroxylation sites is 1. The number of urea groups is 1. The quantitative estimate of drug-likeness (QED) is 0.813. The van der Waals surface area contributed by atoms with Gasteiger partial charge in [0.2, 0.25) is 0 Å². The van der Waals surface area contributed by atoms with Gasteiger partial charge in [-0.2, -0.15) is 0 Å². The summed E-state index contributed by atoms with van der Waals surface area (Å²) in [5.74, 6) is -0.241. The summed E-state index contributed by atoms with van der Waals surface area (Å²) in [6, 6.07) is 5.51. The lowest BCUT2D eigenvalue weighted by molar-refractivity contribution is 0.221. The number of rotatable bonds is 7. The Kier molecular flexibility index (Phi) is 6.34. The molecule has 124 valence electrons. The number of carbonyl (C=O) groups excluding carboxylic acids is 1. The largest absolute Gasteiger partial charge is 0.488 e. The second-order valence-corrected chi connectivity index (χ2v) is 6.02. The molecule has 0 aliphatic carbocycles. The minimum Gasteiger partial charge on any atom is -0.488 e. The maximum atomic E-state index is 13.4. The van der Waals surface area contributed by atoms with Crippen molar-refractivity contribution >= 4 is 17.4 Å². The Morgan fingerprint density at radius 2 is 2.17 bits per heavy atom. The first kappa shape index (κ1) is 17.2. The summed E-state index contributed by atoms with van der Waals surface area (Å²) in [5, 5.41) is 8.40. The van der Waals surface area contributed by atoms with Crippen LogP contribution in [0.5, 0.6) is 5.75 Å². The van der Waals surface area contributed by atoms with Gasteiger partial charge in [0.05, 0.1) is 12.1 Å². The van der Waals surface area contributed by atoms with E-state index < -0.39 is 5.82 Å². The predicted octanol–water partition coefficient (Wildman–Crippen LogP) is 3.50. The van der Waals surface area contributed by atoms with Crippen molar-refractivity contribution in [3.63, 3.8) is 0 Å². The highest BCUT2D eigenvalue weighted by atomic mass is 32.1. The third-order valence-electron chi connectivity index (χ3n) is 3.17. The van der Waals surface area contributed by atoms with Crippen molar-refractivity contribution in [3.8, 4) is 5.75 Å². The first-order chi connectivity index (χ1) is 11.1. The maximum absolute atomic E-state index is 13.4. The van der Waals surface area contributed by atoms with Crippen LogP contribution in [0.15, 0.2) is 35.8 Å². The van der Waals surface area contributed by atoms with Crippen LogP contribution in [0.4, 0.5) is 9.18 Å². The lowest BCUT2D eigenvalue weighted by Gasteiger charge is -2.19. The number of aromatic nitrogens is 1. The molecule has 0 aliphatic rings. The van der Waals surface area contributed by atoms with E-state index >= 15 is 0 Å². The number of nitrogens with one attached hydrogen (secondary N) is 2. The molecule has 0 spiro atoms. The van der Waals surface area contributed by atoms with E-state index in [0.29, 0.717) is 0 Å². The minimum atomic E-state index is -0.418. The van der Waals surface area contributed by atoms with Gasteiger partial charge in [-0.25, -0.2) is 14.2 Å². The molecule has 2 rings (SSSR count). The van der Waals surface area contributed by atoms with Crippen LogP contribution in [0.3, 0.4) is 0 Å². The number of halogens is 1. The number of benzene rings is 1. The van der Waals surface area contributed by atoms with Crippen molar-refractivity contribution in [2.24, 2.45) is 0 Å².